The van der Waals surface area contributed by atoms with Gasteiger partial charge >= 0.3 is 15.0 Å². The molecule has 0 aliphatic carbocycles. The highest BCUT2D eigenvalue weighted by Gasteiger charge is 2.21. The largest absolute Gasteiger partial charge is 0.398 e. The minimum Gasteiger partial charge on any atom is -0.398 e. The molecule has 0 aliphatic heterocycles. The lowest BCUT2D eigenvalue weighted by Gasteiger charge is -2.26. The first kappa shape index (κ1) is 21.7. The molecule has 0 amide bonds. The Morgan fingerprint density at radius 1 is 0.593 bits per heavy atom. The molecule has 5 heteroatoms. The van der Waals surface area contributed by atoms with Crippen molar-refractivity contribution in [3.05, 3.63) is 59.7 Å². The molecule has 0 saturated carbocycles. The van der Waals surface area contributed by atoms with E-state index in [1.807, 2.05) is 24.3 Å². The molecule has 0 fully saturated rings. The number of rotatable bonds is 6. The van der Waals surface area contributed by atoms with Crippen molar-refractivity contribution >= 4 is 25.9 Å². The molecule has 2 aromatic carbocycles. The van der Waals surface area contributed by atoms with Crippen LogP contribution < -0.4 is 16.7 Å². The normalized spacial score (nSPS) is 12.7. The predicted octanol–water partition coefficient (Wildman–Crippen LogP) is 3.14. The van der Waals surface area contributed by atoms with Crippen LogP contribution in [0.1, 0.15) is 59.6 Å². The van der Waals surface area contributed by atoms with Crippen molar-refractivity contribution in [3.8, 4) is 0 Å². The van der Waals surface area contributed by atoms with Gasteiger partial charge in [0.1, 0.15) is 0 Å². The first-order chi connectivity index (χ1) is 12.4. The molecule has 2 radical (unpaired) electrons. The summed E-state index contributed by atoms with van der Waals surface area (Å²) in [5, 5.41) is 0. The molecule has 142 valence electrons. The minimum atomic E-state index is -1.24. The molecule has 0 spiro atoms. The molecule has 2 rings (SSSR count). The number of hydrogen-bond acceptors (Lipinski definition) is 3. The Morgan fingerprint density at radius 3 is 1.15 bits per heavy atom. The molecule has 3 nitrogen and oxygen atoms in total. The summed E-state index contributed by atoms with van der Waals surface area (Å²) >= 11 is 0. The van der Waals surface area contributed by atoms with E-state index in [2.05, 4.69) is 65.8 Å². The fourth-order valence-electron chi connectivity index (χ4n) is 2.52. The van der Waals surface area contributed by atoms with Crippen molar-refractivity contribution in [1.29, 1.82) is 0 Å². The van der Waals surface area contributed by atoms with Gasteiger partial charge in [-0.05, 0) is 22.0 Å². The summed E-state index contributed by atoms with van der Waals surface area (Å²) in [5.41, 5.74) is 10.8. The van der Waals surface area contributed by atoms with Gasteiger partial charge in [0.25, 0.3) is 0 Å². The number of nitrogens with two attached hydrogens (primary N) is 1. The molecule has 0 atom stereocenters. The summed E-state index contributed by atoms with van der Waals surface area (Å²) in [6.07, 6.45) is 0. The average Bonchev–Trinajstić information content (AvgIpc) is 2.58. The van der Waals surface area contributed by atoms with Gasteiger partial charge < -0.3 is 9.31 Å². The SMILES string of the molecule is CC(N)(O[B]c1ccc(C(C)(C)C)cc1)O[B]c1ccc(C(C)(C)C)cc1. The second-order valence-corrected chi connectivity index (χ2v) is 9.23. The Kier molecular flexibility index (Phi) is 6.62. The van der Waals surface area contributed by atoms with Crippen LogP contribution in [-0.2, 0) is 20.1 Å². The van der Waals surface area contributed by atoms with E-state index in [0.29, 0.717) is 0 Å². The molecule has 27 heavy (non-hydrogen) atoms. The highest BCUT2D eigenvalue weighted by molar-refractivity contribution is 6.48. The summed E-state index contributed by atoms with van der Waals surface area (Å²) in [4.78, 5) is 0. The van der Waals surface area contributed by atoms with Crippen LogP contribution in [0.5, 0.6) is 0 Å². The van der Waals surface area contributed by atoms with Crippen LogP contribution in [-0.4, -0.2) is 20.9 Å². The van der Waals surface area contributed by atoms with Crippen LogP contribution >= 0.6 is 0 Å². The summed E-state index contributed by atoms with van der Waals surface area (Å²) in [7, 11) is 3.26. The van der Waals surface area contributed by atoms with Crippen LogP contribution in [0.15, 0.2) is 48.5 Å². The fraction of sp³-hybridized carbons (Fsp3) is 0.455. The standard InChI is InChI=1S/C22H31B2NO2/c1-20(2,3)16-8-12-18(13-9-16)23-26-22(7,25)27-24-19-14-10-17(11-15-19)21(4,5)6/h8-15H,25H2,1-7H3. The zero-order valence-electron chi connectivity index (χ0n) is 17.7. The molecular formula is C22H31B2NO2. The Bertz CT molecular complexity index is 663. The van der Waals surface area contributed by atoms with Gasteiger partial charge in [0.2, 0.25) is 0 Å². The van der Waals surface area contributed by atoms with E-state index < -0.39 is 5.91 Å². The van der Waals surface area contributed by atoms with Gasteiger partial charge in [-0.25, -0.2) is 0 Å². The Morgan fingerprint density at radius 2 is 0.889 bits per heavy atom. The van der Waals surface area contributed by atoms with Crippen LogP contribution in [0.3, 0.4) is 0 Å². The van der Waals surface area contributed by atoms with E-state index in [0.717, 1.165) is 10.9 Å². The molecule has 2 aromatic rings. The third-order valence-electron chi connectivity index (χ3n) is 4.41. The smallest absolute Gasteiger partial charge is 0.335 e. The highest BCUT2D eigenvalue weighted by atomic mass is 16.7. The maximum atomic E-state index is 6.10. The van der Waals surface area contributed by atoms with Crippen molar-refractivity contribution in [2.45, 2.75) is 65.2 Å². The summed E-state index contributed by atoms with van der Waals surface area (Å²) < 4.78 is 11.3. The van der Waals surface area contributed by atoms with Crippen molar-refractivity contribution in [1.82, 2.24) is 0 Å². The minimum absolute atomic E-state index is 0.127. The molecule has 0 unspecified atom stereocenters. The highest BCUT2D eigenvalue weighted by Crippen LogP contribution is 2.21. The van der Waals surface area contributed by atoms with Crippen LogP contribution in [0.25, 0.3) is 0 Å². The van der Waals surface area contributed by atoms with Gasteiger partial charge in [0.05, 0.1) is 0 Å². The van der Waals surface area contributed by atoms with E-state index >= 15 is 0 Å². The number of hydrogen-bond donors (Lipinski definition) is 1. The zero-order valence-corrected chi connectivity index (χ0v) is 17.7. The summed E-state index contributed by atoms with van der Waals surface area (Å²) in [6.45, 7) is 14.8. The molecule has 0 heterocycles. The monoisotopic (exact) mass is 363 g/mol. The van der Waals surface area contributed by atoms with E-state index in [1.54, 1.807) is 21.9 Å². The van der Waals surface area contributed by atoms with Crippen LogP contribution in [0.4, 0.5) is 0 Å². The maximum Gasteiger partial charge on any atom is 0.335 e. The van der Waals surface area contributed by atoms with Crippen molar-refractivity contribution in [2.75, 3.05) is 0 Å². The molecular weight excluding hydrogens is 332 g/mol. The topological polar surface area (TPSA) is 44.5 Å². The Labute approximate surface area is 166 Å². The first-order valence-corrected chi connectivity index (χ1v) is 9.39. The van der Waals surface area contributed by atoms with E-state index in [1.165, 1.54) is 11.1 Å². The average molecular weight is 363 g/mol. The Hall–Kier alpha value is -1.55. The third kappa shape index (κ3) is 6.84. The molecule has 0 saturated heterocycles. The summed E-state index contributed by atoms with van der Waals surface area (Å²) in [5.74, 6) is -1.24. The first-order valence-electron chi connectivity index (χ1n) is 9.39. The molecule has 0 aromatic heterocycles. The lowest BCUT2D eigenvalue weighted by Crippen LogP contribution is -2.47. The Balaban J connectivity index is 1.87. The van der Waals surface area contributed by atoms with Crippen LogP contribution in [0, 0.1) is 0 Å². The molecule has 0 bridgehead atoms. The second-order valence-electron chi connectivity index (χ2n) is 9.23. The van der Waals surface area contributed by atoms with Gasteiger partial charge in [0.15, 0.2) is 5.91 Å². The fourth-order valence-corrected chi connectivity index (χ4v) is 2.52. The van der Waals surface area contributed by atoms with Crippen LogP contribution in [0.2, 0.25) is 0 Å². The lowest BCUT2D eigenvalue weighted by molar-refractivity contribution is -0.0881. The van der Waals surface area contributed by atoms with Gasteiger partial charge in [-0.3, -0.25) is 5.73 Å². The quantitative estimate of drug-likeness (QED) is 0.634. The maximum absolute atomic E-state index is 6.10. The predicted molar refractivity (Wildman–Crippen MR) is 116 cm³/mol. The molecule has 2 N–H and O–H groups in total. The third-order valence-corrected chi connectivity index (χ3v) is 4.41. The van der Waals surface area contributed by atoms with Gasteiger partial charge in [-0.15, -0.1) is 0 Å². The van der Waals surface area contributed by atoms with Gasteiger partial charge in [-0.2, -0.15) is 0 Å². The van der Waals surface area contributed by atoms with Crippen molar-refractivity contribution in [2.24, 2.45) is 5.73 Å². The van der Waals surface area contributed by atoms with E-state index in [9.17, 15) is 0 Å². The zero-order chi connectivity index (χ0) is 20.3. The molecule has 0 aliphatic rings. The van der Waals surface area contributed by atoms with Gasteiger partial charge in [0, 0.05) is 6.92 Å². The van der Waals surface area contributed by atoms with E-state index in [-0.39, 0.29) is 10.8 Å². The van der Waals surface area contributed by atoms with Gasteiger partial charge in [-0.1, -0.05) is 101 Å². The van der Waals surface area contributed by atoms with Crippen molar-refractivity contribution in [3.63, 3.8) is 0 Å². The summed E-state index contributed by atoms with van der Waals surface area (Å²) in [6, 6.07) is 16.5. The van der Waals surface area contributed by atoms with E-state index in [4.69, 9.17) is 15.0 Å². The van der Waals surface area contributed by atoms with Crippen molar-refractivity contribution < 1.29 is 9.31 Å². The number of benzene rings is 2. The lowest BCUT2D eigenvalue weighted by atomic mass is 9.81. The second kappa shape index (κ2) is 8.22.